The molecule has 1 aliphatic heterocycles. The van der Waals surface area contributed by atoms with Crippen LogP contribution in [0.1, 0.15) is 12.6 Å². The molecular formula is C11H19N5O. The van der Waals surface area contributed by atoms with Crippen molar-refractivity contribution in [2.45, 2.75) is 25.6 Å². The van der Waals surface area contributed by atoms with Gasteiger partial charge in [0.25, 0.3) is 0 Å². The standard InChI is InChI=1S/C11H19N5O/c1-8-5-13-10(7-12-8)11(17)14-6-9-3-4-15-16(9)2/h3-4,8,10,12-13H,5-7H2,1-2H3,(H,14,17). The largest absolute Gasteiger partial charge is 0.349 e. The molecule has 0 radical (unpaired) electrons. The Kier molecular flexibility index (Phi) is 3.75. The second-order valence-electron chi connectivity index (χ2n) is 4.43. The zero-order valence-electron chi connectivity index (χ0n) is 10.2. The van der Waals surface area contributed by atoms with Crippen molar-refractivity contribution in [2.75, 3.05) is 13.1 Å². The molecule has 6 nitrogen and oxygen atoms in total. The van der Waals surface area contributed by atoms with Crippen LogP contribution in [0.15, 0.2) is 12.3 Å². The van der Waals surface area contributed by atoms with Crippen LogP contribution in [0.3, 0.4) is 0 Å². The number of hydrogen-bond acceptors (Lipinski definition) is 4. The molecule has 2 unspecified atom stereocenters. The van der Waals surface area contributed by atoms with E-state index in [2.05, 4.69) is 28.0 Å². The monoisotopic (exact) mass is 237 g/mol. The third kappa shape index (κ3) is 3.04. The molecule has 0 bridgehead atoms. The Balaban J connectivity index is 1.80. The summed E-state index contributed by atoms with van der Waals surface area (Å²) in [6.45, 7) is 4.11. The molecule has 1 amide bonds. The minimum absolute atomic E-state index is 0.0330. The van der Waals surface area contributed by atoms with Gasteiger partial charge in [0.2, 0.25) is 5.91 Å². The maximum absolute atomic E-state index is 11.9. The number of amides is 1. The Labute approximate surface area is 101 Å². The summed E-state index contributed by atoms with van der Waals surface area (Å²) < 4.78 is 1.76. The number of carbonyl (C=O) groups is 1. The lowest BCUT2D eigenvalue weighted by Gasteiger charge is -2.28. The molecule has 1 aromatic rings. The topological polar surface area (TPSA) is 71.0 Å². The number of aromatic nitrogens is 2. The lowest BCUT2D eigenvalue weighted by molar-refractivity contribution is -0.123. The van der Waals surface area contributed by atoms with Crippen LogP contribution in [-0.4, -0.2) is 40.9 Å². The van der Waals surface area contributed by atoms with Crippen molar-refractivity contribution in [3.05, 3.63) is 18.0 Å². The fraction of sp³-hybridized carbons (Fsp3) is 0.636. The highest BCUT2D eigenvalue weighted by molar-refractivity contribution is 5.82. The Bertz CT molecular complexity index is 381. The summed E-state index contributed by atoms with van der Waals surface area (Å²) in [7, 11) is 1.86. The van der Waals surface area contributed by atoms with Crippen molar-refractivity contribution in [3.8, 4) is 0 Å². The predicted octanol–water partition coefficient (Wildman–Crippen LogP) is -1.01. The van der Waals surface area contributed by atoms with Crippen LogP contribution in [0.2, 0.25) is 0 Å². The van der Waals surface area contributed by atoms with E-state index in [1.165, 1.54) is 0 Å². The third-order valence-corrected chi connectivity index (χ3v) is 3.02. The van der Waals surface area contributed by atoms with Gasteiger partial charge in [0.15, 0.2) is 0 Å². The Morgan fingerprint density at radius 2 is 2.41 bits per heavy atom. The minimum atomic E-state index is -0.139. The summed E-state index contributed by atoms with van der Waals surface area (Å²) in [6, 6.07) is 2.19. The van der Waals surface area contributed by atoms with E-state index in [0.717, 1.165) is 12.2 Å². The lowest BCUT2D eigenvalue weighted by atomic mass is 10.1. The summed E-state index contributed by atoms with van der Waals surface area (Å²) in [5.41, 5.74) is 0.996. The molecule has 0 aromatic carbocycles. The van der Waals surface area contributed by atoms with Crippen LogP contribution >= 0.6 is 0 Å². The number of nitrogens with one attached hydrogen (secondary N) is 3. The molecule has 6 heteroatoms. The molecule has 3 N–H and O–H groups in total. The highest BCUT2D eigenvalue weighted by Crippen LogP contribution is 1.97. The first kappa shape index (κ1) is 12.1. The van der Waals surface area contributed by atoms with Gasteiger partial charge in [-0.15, -0.1) is 0 Å². The van der Waals surface area contributed by atoms with Crippen molar-refractivity contribution in [3.63, 3.8) is 0 Å². The molecule has 2 atom stereocenters. The van der Waals surface area contributed by atoms with Gasteiger partial charge in [-0.25, -0.2) is 0 Å². The summed E-state index contributed by atoms with van der Waals surface area (Å²) in [4.78, 5) is 11.9. The number of aryl methyl sites for hydroxylation is 1. The van der Waals surface area contributed by atoms with E-state index in [4.69, 9.17) is 0 Å². The van der Waals surface area contributed by atoms with Crippen molar-refractivity contribution in [1.29, 1.82) is 0 Å². The zero-order chi connectivity index (χ0) is 12.3. The van der Waals surface area contributed by atoms with Gasteiger partial charge in [-0.2, -0.15) is 5.10 Å². The highest BCUT2D eigenvalue weighted by Gasteiger charge is 2.22. The molecule has 2 rings (SSSR count). The van der Waals surface area contributed by atoms with Crippen molar-refractivity contribution >= 4 is 5.91 Å². The lowest BCUT2D eigenvalue weighted by Crippen LogP contribution is -2.58. The molecule has 0 spiro atoms. The summed E-state index contributed by atoms with van der Waals surface area (Å²) in [5.74, 6) is 0.0330. The quantitative estimate of drug-likeness (QED) is 0.630. The third-order valence-electron chi connectivity index (χ3n) is 3.02. The normalized spacial score (nSPS) is 24.6. The van der Waals surface area contributed by atoms with Crippen LogP contribution in [-0.2, 0) is 18.4 Å². The van der Waals surface area contributed by atoms with Gasteiger partial charge in [-0.1, -0.05) is 0 Å². The molecule has 1 aromatic heterocycles. The minimum Gasteiger partial charge on any atom is -0.349 e. The molecule has 1 saturated heterocycles. The highest BCUT2D eigenvalue weighted by atomic mass is 16.2. The molecular weight excluding hydrogens is 218 g/mol. The van der Waals surface area contributed by atoms with E-state index in [0.29, 0.717) is 19.1 Å². The van der Waals surface area contributed by atoms with Crippen molar-refractivity contribution in [1.82, 2.24) is 25.7 Å². The number of nitrogens with zero attached hydrogens (tertiary/aromatic N) is 2. The first-order chi connectivity index (χ1) is 8.16. The van der Waals surface area contributed by atoms with Gasteiger partial charge in [0.1, 0.15) is 0 Å². The molecule has 1 aliphatic rings. The van der Waals surface area contributed by atoms with Crippen molar-refractivity contribution in [2.24, 2.45) is 7.05 Å². The van der Waals surface area contributed by atoms with Gasteiger partial charge in [-0.3, -0.25) is 9.48 Å². The second kappa shape index (κ2) is 5.29. The fourth-order valence-corrected chi connectivity index (χ4v) is 1.84. The summed E-state index contributed by atoms with van der Waals surface area (Å²) in [6.07, 6.45) is 1.73. The smallest absolute Gasteiger partial charge is 0.238 e. The van der Waals surface area contributed by atoms with Gasteiger partial charge >= 0.3 is 0 Å². The van der Waals surface area contributed by atoms with Crippen molar-refractivity contribution < 1.29 is 4.79 Å². The molecule has 2 heterocycles. The zero-order valence-corrected chi connectivity index (χ0v) is 10.2. The van der Waals surface area contributed by atoms with E-state index in [1.54, 1.807) is 10.9 Å². The Morgan fingerprint density at radius 3 is 3.00 bits per heavy atom. The van der Waals surface area contributed by atoms with Crippen LogP contribution < -0.4 is 16.0 Å². The molecule has 0 saturated carbocycles. The van der Waals surface area contributed by atoms with Gasteiger partial charge < -0.3 is 16.0 Å². The van der Waals surface area contributed by atoms with Crippen LogP contribution in [0.25, 0.3) is 0 Å². The number of piperazine rings is 1. The Morgan fingerprint density at radius 1 is 1.59 bits per heavy atom. The first-order valence-corrected chi connectivity index (χ1v) is 5.88. The SMILES string of the molecule is CC1CNC(C(=O)NCc2ccnn2C)CN1. The van der Waals surface area contributed by atoms with Gasteiger partial charge in [0, 0.05) is 32.4 Å². The molecule has 0 aliphatic carbocycles. The number of hydrogen-bond donors (Lipinski definition) is 3. The van der Waals surface area contributed by atoms with E-state index in [9.17, 15) is 4.79 Å². The average molecular weight is 237 g/mol. The molecule has 94 valence electrons. The Hall–Kier alpha value is -1.40. The van der Waals surface area contributed by atoms with Crippen LogP contribution in [0.5, 0.6) is 0 Å². The van der Waals surface area contributed by atoms with E-state index in [-0.39, 0.29) is 11.9 Å². The average Bonchev–Trinajstić information content (AvgIpc) is 2.73. The fourth-order valence-electron chi connectivity index (χ4n) is 1.84. The number of carbonyl (C=O) groups excluding carboxylic acids is 1. The maximum atomic E-state index is 11.9. The molecule has 17 heavy (non-hydrogen) atoms. The van der Waals surface area contributed by atoms with Gasteiger partial charge in [0.05, 0.1) is 18.3 Å². The maximum Gasteiger partial charge on any atom is 0.238 e. The van der Waals surface area contributed by atoms with E-state index < -0.39 is 0 Å². The predicted molar refractivity (Wildman–Crippen MR) is 64.3 cm³/mol. The van der Waals surface area contributed by atoms with Crippen LogP contribution in [0.4, 0.5) is 0 Å². The van der Waals surface area contributed by atoms with E-state index in [1.807, 2.05) is 13.1 Å². The van der Waals surface area contributed by atoms with Gasteiger partial charge in [-0.05, 0) is 13.0 Å². The first-order valence-electron chi connectivity index (χ1n) is 5.88. The summed E-state index contributed by atoms with van der Waals surface area (Å²) in [5, 5.41) is 13.5. The number of rotatable bonds is 3. The second-order valence-corrected chi connectivity index (χ2v) is 4.43. The summed E-state index contributed by atoms with van der Waals surface area (Å²) >= 11 is 0. The van der Waals surface area contributed by atoms with E-state index >= 15 is 0 Å². The van der Waals surface area contributed by atoms with Crippen LogP contribution in [0, 0.1) is 0 Å². The molecule has 1 fully saturated rings.